The van der Waals surface area contributed by atoms with E-state index >= 15 is 0 Å². The summed E-state index contributed by atoms with van der Waals surface area (Å²) in [5.74, 6) is 2.74. The minimum atomic E-state index is 0.209. The number of amides is 1. The maximum atomic E-state index is 11.0. The number of piperidine rings is 1. The topological polar surface area (TPSA) is 41.1 Å². The molecule has 1 heterocycles. The van der Waals surface area contributed by atoms with E-state index in [1.54, 1.807) is 0 Å². The first-order chi connectivity index (χ1) is 7.81. The highest BCUT2D eigenvalue weighted by molar-refractivity contribution is 5.76. The van der Waals surface area contributed by atoms with Crippen LogP contribution in [0.5, 0.6) is 0 Å². The predicted octanol–water partition coefficient (Wildman–Crippen LogP) is 1.07. The number of nitrogens with one attached hydrogen (secondary N) is 2. The fourth-order valence-electron chi connectivity index (χ4n) is 3.35. The van der Waals surface area contributed by atoms with Crippen molar-refractivity contribution in [2.75, 3.05) is 13.1 Å². The summed E-state index contributed by atoms with van der Waals surface area (Å²) >= 11 is 0. The van der Waals surface area contributed by atoms with Crippen LogP contribution in [-0.2, 0) is 4.79 Å². The van der Waals surface area contributed by atoms with Gasteiger partial charge in [-0.1, -0.05) is 12.2 Å². The zero-order valence-corrected chi connectivity index (χ0v) is 9.61. The van der Waals surface area contributed by atoms with E-state index in [2.05, 4.69) is 22.8 Å². The highest BCUT2D eigenvalue weighted by Crippen LogP contribution is 2.42. The average molecular weight is 220 g/mol. The van der Waals surface area contributed by atoms with Crippen LogP contribution in [0.3, 0.4) is 0 Å². The second-order valence-corrected chi connectivity index (χ2v) is 5.49. The molecule has 3 nitrogen and oxygen atoms in total. The van der Waals surface area contributed by atoms with Crippen LogP contribution in [0.4, 0.5) is 0 Å². The summed E-state index contributed by atoms with van der Waals surface area (Å²) in [4.78, 5) is 11.0. The van der Waals surface area contributed by atoms with Crippen molar-refractivity contribution in [2.45, 2.75) is 31.7 Å². The average Bonchev–Trinajstić information content (AvgIpc) is 2.90. The summed E-state index contributed by atoms with van der Waals surface area (Å²) < 4.78 is 0. The number of hydrogen-bond acceptors (Lipinski definition) is 2. The molecule has 3 heteroatoms. The molecule has 0 radical (unpaired) electrons. The monoisotopic (exact) mass is 220 g/mol. The molecule has 2 fully saturated rings. The van der Waals surface area contributed by atoms with Crippen molar-refractivity contribution in [1.82, 2.24) is 10.6 Å². The van der Waals surface area contributed by atoms with E-state index in [-0.39, 0.29) is 5.91 Å². The lowest BCUT2D eigenvalue weighted by Crippen LogP contribution is -2.47. The molecule has 2 N–H and O–H groups in total. The predicted molar refractivity (Wildman–Crippen MR) is 62.9 cm³/mol. The fourth-order valence-corrected chi connectivity index (χ4v) is 3.35. The molecule has 1 saturated heterocycles. The van der Waals surface area contributed by atoms with E-state index in [0.717, 1.165) is 37.3 Å². The van der Waals surface area contributed by atoms with Gasteiger partial charge >= 0.3 is 0 Å². The SMILES string of the molecule is O=C1CCC(NCC2CC3C=CC2C3)CN1. The van der Waals surface area contributed by atoms with Gasteiger partial charge < -0.3 is 10.6 Å². The van der Waals surface area contributed by atoms with Crippen LogP contribution in [0, 0.1) is 17.8 Å². The number of hydrogen-bond donors (Lipinski definition) is 2. The molecule has 1 saturated carbocycles. The van der Waals surface area contributed by atoms with Crippen molar-refractivity contribution in [3.8, 4) is 0 Å². The summed E-state index contributed by atoms with van der Waals surface area (Å²) in [7, 11) is 0. The number of allylic oxidation sites excluding steroid dienone is 2. The van der Waals surface area contributed by atoms with Gasteiger partial charge in [0, 0.05) is 19.0 Å². The number of carbonyl (C=O) groups excluding carboxylic acids is 1. The molecule has 16 heavy (non-hydrogen) atoms. The van der Waals surface area contributed by atoms with Gasteiger partial charge in [-0.3, -0.25) is 4.79 Å². The Balaban J connectivity index is 1.43. The molecule has 0 aromatic carbocycles. The summed E-state index contributed by atoms with van der Waals surface area (Å²) in [5.41, 5.74) is 0. The maximum Gasteiger partial charge on any atom is 0.220 e. The first kappa shape index (κ1) is 10.3. The standard InChI is InChI=1S/C13H20N2O/c16-13-4-3-12(8-15-13)14-7-11-6-9-1-2-10(11)5-9/h1-2,9-12,14H,3-8H2,(H,15,16). The highest BCUT2D eigenvalue weighted by Gasteiger charge is 2.35. The molecule has 88 valence electrons. The lowest BCUT2D eigenvalue weighted by Gasteiger charge is -2.26. The quantitative estimate of drug-likeness (QED) is 0.698. The van der Waals surface area contributed by atoms with Gasteiger partial charge in [-0.15, -0.1) is 0 Å². The summed E-state index contributed by atoms with van der Waals surface area (Å²) in [6, 6.07) is 0.501. The van der Waals surface area contributed by atoms with Crippen LogP contribution in [0.2, 0.25) is 0 Å². The normalized spacial score (nSPS) is 41.4. The van der Waals surface area contributed by atoms with Crippen LogP contribution in [0.15, 0.2) is 12.2 Å². The van der Waals surface area contributed by atoms with Crippen molar-refractivity contribution >= 4 is 5.91 Å². The second kappa shape index (κ2) is 4.21. The summed E-state index contributed by atoms with van der Waals surface area (Å²) in [6.07, 6.45) is 9.24. The third-order valence-corrected chi connectivity index (χ3v) is 4.35. The molecule has 0 spiro atoms. The van der Waals surface area contributed by atoms with Crippen LogP contribution in [0.1, 0.15) is 25.7 Å². The molecule has 2 bridgehead atoms. The summed E-state index contributed by atoms with van der Waals surface area (Å²) in [5, 5.41) is 6.55. The van der Waals surface area contributed by atoms with Crippen molar-refractivity contribution in [2.24, 2.45) is 17.8 Å². The minimum absolute atomic E-state index is 0.209. The van der Waals surface area contributed by atoms with E-state index in [1.165, 1.54) is 12.8 Å². The molecule has 4 atom stereocenters. The maximum absolute atomic E-state index is 11.0. The molecule has 1 amide bonds. The van der Waals surface area contributed by atoms with Crippen molar-refractivity contribution in [3.63, 3.8) is 0 Å². The molecular formula is C13H20N2O. The fraction of sp³-hybridized carbons (Fsp3) is 0.769. The van der Waals surface area contributed by atoms with Gasteiger partial charge in [0.15, 0.2) is 0 Å². The Hall–Kier alpha value is -0.830. The molecule has 0 aromatic heterocycles. The molecule has 1 aliphatic heterocycles. The van der Waals surface area contributed by atoms with E-state index in [4.69, 9.17) is 0 Å². The van der Waals surface area contributed by atoms with E-state index in [9.17, 15) is 4.79 Å². The Bertz CT molecular complexity index is 303. The Morgan fingerprint density at radius 3 is 2.94 bits per heavy atom. The smallest absolute Gasteiger partial charge is 0.220 e. The highest BCUT2D eigenvalue weighted by atomic mass is 16.1. The van der Waals surface area contributed by atoms with Crippen LogP contribution >= 0.6 is 0 Å². The Labute approximate surface area is 96.7 Å². The van der Waals surface area contributed by atoms with Crippen LogP contribution in [-0.4, -0.2) is 25.0 Å². The molecule has 4 unspecified atom stereocenters. The Morgan fingerprint density at radius 1 is 1.38 bits per heavy atom. The molecular weight excluding hydrogens is 200 g/mol. The van der Waals surface area contributed by atoms with Gasteiger partial charge in [-0.05, 0) is 43.6 Å². The van der Waals surface area contributed by atoms with E-state index < -0.39 is 0 Å². The molecule has 3 rings (SSSR count). The lowest BCUT2D eigenvalue weighted by atomic mass is 9.93. The zero-order valence-electron chi connectivity index (χ0n) is 9.61. The molecule has 0 aromatic rings. The number of fused-ring (bicyclic) bond motifs is 2. The molecule has 2 aliphatic carbocycles. The Morgan fingerprint density at radius 2 is 2.31 bits per heavy atom. The van der Waals surface area contributed by atoms with Crippen molar-refractivity contribution in [1.29, 1.82) is 0 Å². The first-order valence-electron chi connectivity index (χ1n) is 6.49. The largest absolute Gasteiger partial charge is 0.355 e. The third kappa shape index (κ3) is 2.01. The van der Waals surface area contributed by atoms with Crippen LogP contribution < -0.4 is 10.6 Å². The van der Waals surface area contributed by atoms with Crippen molar-refractivity contribution < 1.29 is 4.79 Å². The van der Waals surface area contributed by atoms with E-state index in [0.29, 0.717) is 12.5 Å². The van der Waals surface area contributed by atoms with Gasteiger partial charge in [0.25, 0.3) is 0 Å². The van der Waals surface area contributed by atoms with Crippen LogP contribution in [0.25, 0.3) is 0 Å². The van der Waals surface area contributed by atoms with Gasteiger partial charge in [0.05, 0.1) is 0 Å². The number of carbonyl (C=O) groups is 1. The summed E-state index contributed by atoms with van der Waals surface area (Å²) in [6.45, 7) is 1.95. The second-order valence-electron chi connectivity index (χ2n) is 5.49. The number of rotatable bonds is 3. The minimum Gasteiger partial charge on any atom is -0.355 e. The lowest BCUT2D eigenvalue weighted by molar-refractivity contribution is -0.122. The van der Waals surface area contributed by atoms with Gasteiger partial charge in [0.1, 0.15) is 0 Å². The zero-order chi connectivity index (χ0) is 11.0. The first-order valence-corrected chi connectivity index (χ1v) is 6.49. The van der Waals surface area contributed by atoms with Gasteiger partial charge in [0.2, 0.25) is 5.91 Å². The third-order valence-electron chi connectivity index (χ3n) is 4.35. The van der Waals surface area contributed by atoms with E-state index in [1.807, 2.05) is 0 Å². The van der Waals surface area contributed by atoms with Gasteiger partial charge in [-0.25, -0.2) is 0 Å². The van der Waals surface area contributed by atoms with Gasteiger partial charge in [-0.2, -0.15) is 0 Å². The molecule has 3 aliphatic rings. The van der Waals surface area contributed by atoms with Crippen molar-refractivity contribution in [3.05, 3.63) is 12.2 Å². The Kier molecular flexibility index (Phi) is 2.72.